The number of benzene rings is 2. The minimum atomic E-state index is -0.498. The number of hydrogen-bond acceptors (Lipinski definition) is 3. The zero-order chi connectivity index (χ0) is 18.4. The molecule has 0 saturated heterocycles. The maximum Gasteiger partial charge on any atom is 0.248 e. The van der Waals surface area contributed by atoms with Crippen molar-refractivity contribution in [1.29, 1.82) is 0 Å². The normalized spacial score (nSPS) is 12.0. The van der Waals surface area contributed by atoms with Crippen molar-refractivity contribution >= 4 is 29.1 Å². The van der Waals surface area contributed by atoms with Gasteiger partial charge in [-0.05, 0) is 47.9 Å². The first-order chi connectivity index (χ1) is 11.9. The predicted octanol–water partition coefficient (Wildman–Crippen LogP) is 3.36. The Balaban J connectivity index is 1.94. The SMILES string of the molecule is CC(C)[C@H](NCC(=O)Nc1ccc(C(N)=O)cc1)c1ccc(Cl)cc1. The molecule has 0 saturated carbocycles. The molecule has 132 valence electrons. The number of halogens is 1. The van der Waals surface area contributed by atoms with Gasteiger partial charge in [0.15, 0.2) is 0 Å². The van der Waals surface area contributed by atoms with Crippen LogP contribution >= 0.6 is 11.6 Å². The molecule has 0 aliphatic carbocycles. The van der Waals surface area contributed by atoms with Crippen LogP contribution in [0.25, 0.3) is 0 Å². The third kappa shape index (κ3) is 5.59. The predicted molar refractivity (Wildman–Crippen MR) is 101 cm³/mol. The molecule has 1 atom stereocenters. The number of anilines is 1. The number of rotatable bonds is 7. The van der Waals surface area contributed by atoms with Gasteiger partial charge in [0.1, 0.15) is 0 Å². The Morgan fingerprint density at radius 3 is 2.16 bits per heavy atom. The molecule has 0 fully saturated rings. The first-order valence-corrected chi connectivity index (χ1v) is 8.43. The van der Waals surface area contributed by atoms with E-state index in [-0.39, 0.29) is 18.5 Å². The van der Waals surface area contributed by atoms with E-state index in [4.69, 9.17) is 17.3 Å². The van der Waals surface area contributed by atoms with Gasteiger partial charge >= 0.3 is 0 Å². The molecule has 0 aliphatic rings. The second-order valence-electron chi connectivity index (χ2n) is 6.14. The highest BCUT2D eigenvalue weighted by atomic mass is 35.5. The number of primary amides is 1. The minimum Gasteiger partial charge on any atom is -0.366 e. The van der Waals surface area contributed by atoms with E-state index in [2.05, 4.69) is 24.5 Å². The van der Waals surface area contributed by atoms with Gasteiger partial charge in [-0.1, -0.05) is 37.6 Å². The number of carbonyl (C=O) groups excluding carboxylic acids is 2. The van der Waals surface area contributed by atoms with E-state index in [1.54, 1.807) is 24.3 Å². The standard InChI is InChI=1S/C19H22ClN3O2/c1-12(2)18(13-3-7-15(20)8-4-13)22-11-17(24)23-16-9-5-14(6-10-16)19(21)25/h3-10,12,18,22H,11H2,1-2H3,(H2,21,25)(H,23,24)/t18-/m0/s1. The maximum absolute atomic E-state index is 12.2. The number of nitrogens with two attached hydrogens (primary N) is 1. The first kappa shape index (κ1) is 19.0. The third-order valence-corrected chi connectivity index (χ3v) is 4.08. The zero-order valence-corrected chi connectivity index (χ0v) is 15.0. The van der Waals surface area contributed by atoms with E-state index >= 15 is 0 Å². The van der Waals surface area contributed by atoms with E-state index in [1.165, 1.54) is 0 Å². The van der Waals surface area contributed by atoms with E-state index in [0.717, 1.165) is 5.56 Å². The van der Waals surface area contributed by atoms with Crippen molar-refractivity contribution in [1.82, 2.24) is 5.32 Å². The Hall–Kier alpha value is -2.37. The fourth-order valence-electron chi connectivity index (χ4n) is 2.53. The van der Waals surface area contributed by atoms with Gasteiger partial charge in [0.05, 0.1) is 6.54 Å². The van der Waals surface area contributed by atoms with Crippen LogP contribution in [0.3, 0.4) is 0 Å². The molecule has 0 unspecified atom stereocenters. The molecule has 4 N–H and O–H groups in total. The third-order valence-electron chi connectivity index (χ3n) is 3.83. The van der Waals surface area contributed by atoms with Gasteiger partial charge in [0.2, 0.25) is 11.8 Å². The lowest BCUT2D eigenvalue weighted by Gasteiger charge is -2.23. The smallest absolute Gasteiger partial charge is 0.248 e. The summed E-state index contributed by atoms with van der Waals surface area (Å²) >= 11 is 5.93. The van der Waals surface area contributed by atoms with Gasteiger partial charge in [-0.25, -0.2) is 0 Å². The minimum absolute atomic E-state index is 0.0419. The Kier molecular flexibility index (Phi) is 6.56. The van der Waals surface area contributed by atoms with Crippen LogP contribution in [-0.4, -0.2) is 18.4 Å². The lowest BCUT2D eigenvalue weighted by Crippen LogP contribution is -2.33. The second-order valence-corrected chi connectivity index (χ2v) is 6.58. The van der Waals surface area contributed by atoms with Crippen LogP contribution in [0.5, 0.6) is 0 Å². The molecule has 0 heterocycles. The molecule has 2 aromatic carbocycles. The monoisotopic (exact) mass is 359 g/mol. The van der Waals surface area contributed by atoms with Gasteiger partial charge in [0.25, 0.3) is 0 Å². The highest BCUT2D eigenvalue weighted by Gasteiger charge is 2.16. The second kappa shape index (κ2) is 8.65. The summed E-state index contributed by atoms with van der Waals surface area (Å²) in [4.78, 5) is 23.2. The Labute approximate surface area is 152 Å². The highest BCUT2D eigenvalue weighted by Crippen LogP contribution is 2.23. The van der Waals surface area contributed by atoms with Crippen LogP contribution in [0, 0.1) is 5.92 Å². The summed E-state index contributed by atoms with van der Waals surface area (Å²) in [7, 11) is 0. The molecule has 2 amide bonds. The summed E-state index contributed by atoms with van der Waals surface area (Å²) in [6.07, 6.45) is 0. The van der Waals surface area contributed by atoms with Crippen LogP contribution in [-0.2, 0) is 4.79 Å². The molecular formula is C19H22ClN3O2. The quantitative estimate of drug-likeness (QED) is 0.708. The summed E-state index contributed by atoms with van der Waals surface area (Å²) in [5.74, 6) is -0.349. The van der Waals surface area contributed by atoms with Crippen LogP contribution in [0.2, 0.25) is 5.02 Å². The molecule has 5 nitrogen and oxygen atoms in total. The summed E-state index contributed by atoms with van der Waals surface area (Å²) in [6, 6.07) is 14.1. The zero-order valence-electron chi connectivity index (χ0n) is 14.3. The van der Waals surface area contributed by atoms with Gasteiger partial charge in [-0.2, -0.15) is 0 Å². The topological polar surface area (TPSA) is 84.2 Å². The lowest BCUT2D eigenvalue weighted by molar-refractivity contribution is -0.115. The van der Waals surface area contributed by atoms with E-state index in [1.807, 2.05) is 24.3 Å². The Morgan fingerprint density at radius 1 is 1.04 bits per heavy atom. The van der Waals surface area contributed by atoms with E-state index in [9.17, 15) is 9.59 Å². The molecule has 0 bridgehead atoms. The van der Waals surface area contributed by atoms with Crippen LogP contribution in [0.4, 0.5) is 5.69 Å². The van der Waals surface area contributed by atoms with Crippen molar-refractivity contribution in [2.75, 3.05) is 11.9 Å². The van der Waals surface area contributed by atoms with Gasteiger partial charge in [0, 0.05) is 22.3 Å². The maximum atomic E-state index is 12.2. The van der Waals surface area contributed by atoms with E-state index < -0.39 is 5.91 Å². The fraction of sp³-hybridized carbons (Fsp3) is 0.263. The molecule has 2 rings (SSSR count). The average molecular weight is 360 g/mol. The molecule has 6 heteroatoms. The fourth-order valence-corrected chi connectivity index (χ4v) is 2.66. The average Bonchev–Trinajstić information content (AvgIpc) is 2.57. The van der Waals surface area contributed by atoms with Crippen LogP contribution in [0.1, 0.15) is 35.8 Å². The lowest BCUT2D eigenvalue weighted by atomic mass is 9.96. The summed E-state index contributed by atoms with van der Waals surface area (Å²) in [5, 5.41) is 6.75. The summed E-state index contributed by atoms with van der Waals surface area (Å²) in [5.41, 5.74) is 7.29. The molecule has 0 aliphatic heterocycles. The Morgan fingerprint density at radius 2 is 1.64 bits per heavy atom. The van der Waals surface area contributed by atoms with Gasteiger partial charge < -0.3 is 16.4 Å². The summed E-state index contributed by atoms with van der Waals surface area (Å²) in [6.45, 7) is 4.35. The summed E-state index contributed by atoms with van der Waals surface area (Å²) < 4.78 is 0. The Bertz CT molecular complexity index is 727. The van der Waals surface area contributed by atoms with Gasteiger partial charge in [-0.3, -0.25) is 9.59 Å². The van der Waals surface area contributed by atoms with Crippen molar-refractivity contribution in [2.24, 2.45) is 11.7 Å². The first-order valence-electron chi connectivity index (χ1n) is 8.05. The number of hydrogen-bond donors (Lipinski definition) is 3. The molecule has 25 heavy (non-hydrogen) atoms. The number of nitrogens with one attached hydrogen (secondary N) is 2. The van der Waals surface area contributed by atoms with E-state index in [0.29, 0.717) is 22.2 Å². The highest BCUT2D eigenvalue weighted by molar-refractivity contribution is 6.30. The van der Waals surface area contributed by atoms with Crippen molar-refractivity contribution < 1.29 is 9.59 Å². The molecular weight excluding hydrogens is 338 g/mol. The molecule has 0 aromatic heterocycles. The molecule has 2 aromatic rings. The number of amides is 2. The van der Waals surface area contributed by atoms with Crippen molar-refractivity contribution in [3.63, 3.8) is 0 Å². The van der Waals surface area contributed by atoms with Crippen LogP contribution in [0.15, 0.2) is 48.5 Å². The van der Waals surface area contributed by atoms with Crippen molar-refractivity contribution in [3.8, 4) is 0 Å². The molecule has 0 spiro atoms. The largest absolute Gasteiger partial charge is 0.366 e. The molecule has 0 radical (unpaired) electrons. The van der Waals surface area contributed by atoms with Crippen molar-refractivity contribution in [2.45, 2.75) is 19.9 Å². The van der Waals surface area contributed by atoms with Crippen LogP contribution < -0.4 is 16.4 Å². The van der Waals surface area contributed by atoms with Gasteiger partial charge in [-0.15, -0.1) is 0 Å². The van der Waals surface area contributed by atoms with Crippen molar-refractivity contribution in [3.05, 3.63) is 64.7 Å². The number of carbonyl (C=O) groups is 2.